The van der Waals surface area contributed by atoms with E-state index in [2.05, 4.69) is 40.3 Å². The summed E-state index contributed by atoms with van der Waals surface area (Å²) in [6.07, 6.45) is 0.701. The number of thioether (sulfide) groups is 1. The molecule has 2 aromatic rings. The van der Waals surface area contributed by atoms with Gasteiger partial charge in [0.05, 0.1) is 0 Å². The SMILES string of the molecule is CCNC(CSc1ccccc1)Cc1ccc(Br)cc1F. The quantitative estimate of drug-likeness (QED) is 0.698. The Kier molecular flexibility index (Phi) is 6.74. The third-order valence-electron chi connectivity index (χ3n) is 3.17. The van der Waals surface area contributed by atoms with Crippen LogP contribution in [0.1, 0.15) is 12.5 Å². The molecule has 4 heteroatoms. The van der Waals surface area contributed by atoms with Crippen molar-refractivity contribution in [2.75, 3.05) is 12.3 Å². The first kappa shape index (κ1) is 16.5. The Balaban J connectivity index is 1.98. The summed E-state index contributed by atoms with van der Waals surface area (Å²) in [6.45, 7) is 2.97. The van der Waals surface area contributed by atoms with E-state index in [1.807, 2.05) is 30.3 Å². The first-order valence-electron chi connectivity index (χ1n) is 7.04. The van der Waals surface area contributed by atoms with Gasteiger partial charge in [0.1, 0.15) is 5.82 Å². The minimum Gasteiger partial charge on any atom is -0.313 e. The summed E-state index contributed by atoms with van der Waals surface area (Å²) in [4.78, 5) is 1.25. The lowest BCUT2D eigenvalue weighted by atomic mass is 10.1. The monoisotopic (exact) mass is 367 g/mol. The molecule has 0 aromatic heterocycles. The van der Waals surface area contributed by atoms with Crippen molar-refractivity contribution in [3.63, 3.8) is 0 Å². The average Bonchev–Trinajstić information content (AvgIpc) is 2.49. The third-order valence-corrected chi connectivity index (χ3v) is 4.84. The molecule has 1 unspecified atom stereocenters. The summed E-state index contributed by atoms with van der Waals surface area (Å²) in [5, 5.41) is 3.44. The molecule has 21 heavy (non-hydrogen) atoms. The lowest BCUT2D eigenvalue weighted by Gasteiger charge is -2.18. The normalized spacial score (nSPS) is 12.3. The van der Waals surface area contributed by atoms with Crippen LogP contribution < -0.4 is 5.32 Å². The molecular formula is C17H19BrFNS. The van der Waals surface area contributed by atoms with Gasteiger partial charge in [0.25, 0.3) is 0 Å². The van der Waals surface area contributed by atoms with E-state index < -0.39 is 0 Å². The van der Waals surface area contributed by atoms with Crippen LogP contribution in [0.5, 0.6) is 0 Å². The van der Waals surface area contributed by atoms with Gasteiger partial charge < -0.3 is 5.32 Å². The number of benzene rings is 2. The lowest BCUT2D eigenvalue weighted by Crippen LogP contribution is -2.33. The topological polar surface area (TPSA) is 12.0 Å². The molecule has 1 nitrogen and oxygen atoms in total. The van der Waals surface area contributed by atoms with Crippen LogP contribution in [-0.4, -0.2) is 18.3 Å². The Morgan fingerprint density at radius 1 is 1.19 bits per heavy atom. The molecular weight excluding hydrogens is 349 g/mol. The highest BCUT2D eigenvalue weighted by atomic mass is 79.9. The van der Waals surface area contributed by atoms with E-state index in [1.165, 1.54) is 11.0 Å². The summed E-state index contributed by atoms with van der Waals surface area (Å²) in [5.74, 6) is 0.782. The minimum atomic E-state index is -0.142. The molecule has 0 aliphatic rings. The Morgan fingerprint density at radius 2 is 1.95 bits per heavy atom. The van der Waals surface area contributed by atoms with Crippen LogP contribution in [0.3, 0.4) is 0 Å². The highest BCUT2D eigenvalue weighted by Gasteiger charge is 2.12. The molecule has 0 saturated heterocycles. The molecule has 0 aliphatic heterocycles. The van der Waals surface area contributed by atoms with Gasteiger partial charge in [0.2, 0.25) is 0 Å². The molecule has 1 atom stereocenters. The molecule has 1 N–H and O–H groups in total. The molecule has 0 aliphatic carbocycles. The van der Waals surface area contributed by atoms with E-state index in [1.54, 1.807) is 11.8 Å². The predicted octanol–water partition coefficient (Wildman–Crippen LogP) is 4.90. The summed E-state index contributed by atoms with van der Waals surface area (Å²) in [6, 6.07) is 15.9. The molecule has 0 saturated carbocycles. The second kappa shape index (κ2) is 8.57. The van der Waals surface area contributed by atoms with Gasteiger partial charge in [-0.3, -0.25) is 0 Å². The second-order valence-corrected chi connectivity index (χ2v) is 6.83. The Morgan fingerprint density at radius 3 is 2.62 bits per heavy atom. The first-order valence-corrected chi connectivity index (χ1v) is 8.82. The number of nitrogens with one attached hydrogen (secondary N) is 1. The number of hydrogen-bond donors (Lipinski definition) is 1. The van der Waals surface area contributed by atoms with Gasteiger partial charge in [-0.2, -0.15) is 0 Å². The van der Waals surface area contributed by atoms with E-state index in [9.17, 15) is 4.39 Å². The Hall–Kier alpha value is -0.840. The zero-order chi connectivity index (χ0) is 15.1. The number of likely N-dealkylation sites (N-methyl/N-ethyl adjacent to an activating group) is 1. The van der Waals surface area contributed by atoms with Gasteiger partial charge in [0.15, 0.2) is 0 Å². The average molecular weight is 368 g/mol. The van der Waals surface area contributed by atoms with Gasteiger partial charge in [0, 0.05) is 21.2 Å². The molecule has 2 rings (SSSR count). The van der Waals surface area contributed by atoms with Crippen molar-refractivity contribution in [1.82, 2.24) is 5.32 Å². The van der Waals surface area contributed by atoms with Gasteiger partial charge in [-0.15, -0.1) is 11.8 Å². The fourth-order valence-corrected chi connectivity index (χ4v) is 3.46. The third kappa shape index (κ3) is 5.46. The number of rotatable bonds is 7. The molecule has 0 spiro atoms. The van der Waals surface area contributed by atoms with Crippen molar-refractivity contribution in [3.05, 3.63) is 64.4 Å². The van der Waals surface area contributed by atoms with Crippen molar-refractivity contribution >= 4 is 27.7 Å². The largest absolute Gasteiger partial charge is 0.313 e. The maximum Gasteiger partial charge on any atom is 0.127 e. The summed E-state index contributed by atoms with van der Waals surface area (Å²) < 4.78 is 14.7. The molecule has 0 fully saturated rings. The maximum absolute atomic E-state index is 13.9. The van der Waals surface area contributed by atoms with Crippen LogP contribution in [0.4, 0.5) is 4.39 Å². The zero-order valence-corrected chi connectivity index (χ0v) is 14.4. The molecule has 0 amide bonds. The number of halogens is 2. The summed E-state index contributed by atoms with van der Waals surface area (Å²) in [5.41, 5.74) is 0.762. The molecule has 112 valence electrons. The second-order valence-electron chi connectivity index (χ2n) is 4.82. The van der Waals surface area contributed by atoms with Crippen molar-refractivity contribution in [2.24, 2.45) is 0 Å². The fourth-order valence-electron chi connectivity index (χ4n) is 2.14. The van der Waals surface area contributed by atoms with Gasteiger partial charge in [-0.25, -0.2) is 4.39 Å². The number of hydrogen-bond acceptors (Lipinski definition) is 2. The standard InChI is InChI=1S/C17H19BrFNS/c1-2-20-15(12-21-16-6-4-3-5-7-16)10-13-8-9-14(18)11-17(13)19/h3-9,11,15,20H,2,10,12H2,1H3. The van der Waals surface area contributed by atoms with E-state index >= 15 is 0 Å². The highest BCUT2D eigenvalue weighted by Crippen LogP contribution is 2.21. The van der Waals surface area contributed by atoms with Gasteiger partial charge >= 0.3 is 0 Å². The van der Waals surface area contributed by atoms with Gasteiger partial charge in [-0.05, 0) is 42.8 Å². The van der Waals surface area contributed by atoms with Crippen LogP contribution in [-0.2, 0) is 6.42 Å². The Bertz CT molecular complexity index is 562. The van der Waals surface area contributed by atoms with Crippen molar-refractivity contribution in [2.45, 2.75) is 24.3 Å². The van der Waals surface area contributed by atoms with E-state index in [-0.39, 0.29) is 11.9 Å². The van der Waals surface area contributed by atoms with Crippen LogP contribution >= 0.6 is 27.7 Å². The molecule has 0 heterocycles. The van der Waals surface area contributed by atoms with E-state index in [0.29, 0.717) is 6.42 Å². The van der Waals surface area contributed by atoms with Crippen LogP contribution in [0.25, 0.3) is 0 Å². The Labute approximate surface area is 138 Å². The first-order chi connectivity index (χ1) is 10.2. The summed E-state index contributed by atoms with van der Waals surface area (Å²) in [7, 11) is 0. The van der Waals surface area contributed by atoms with Crippen molar-refractivity contribution < 1.29 is 4.39 Å². The molecule has 2 aromatic carbocycles. The summed E-state index contributed by atoms with van der Waals surface area (Å²) >= 11 is 5.10. The highest BCUT2D eigenvalue weighted by molar-refractivity contribution is 9.10. The zero-order valence-electron chi connectivity index (χ0n) is 12.0. The minimum absolute atomic E-state index is 0.142. The maximum atomic E-state index is 13.9. The van der Waals surface area contributed by atoms with Crippen LogP contribution in [0.2, 0.25) is 0 Å². The van der Waals surface area contributed by atoms with E-state index in [0.717, 1.165) is 22.3 Å². The lowest BCUT2D eigenvalue weighted by molar-refractivity contribution is 0.545. The fraction of sp³-hybridized carbons (Fsp3) is 0.294. The van der Waals surface area contributed by atoms with E-state index in [4.69, 9.17) is 0 Å². The smallest absolute Gasteiger partial charge is 0.127 e. The van der Waals surface area contributed by atoms with Crippen LogP contribution in [0, 0.1) is 5.82 Å². The predicted molar refractivity (Wildman–Crippen MR) is 92.4 cm³/mol. The van der Waals surface area contributed by atoms with Crippen LogP contribution in [0.15, 0.2) is 57.9 Å². The molecule has 0 bridgehead atoms. The van der Waals surface area contributed by atoms with Gasteiger partial charge in [-0.1, -0.05) is 47.1 Å². The molecule has 0 radical (unpaired) electrons. The van der Waals surface area contributed by atoms with Crippen molar-refractivity contribution in [1.29, 1.82) is 0 Å². The van der Waals surface area contributed by atoms with Crippen molar-refractivity contribution in [3.8, 4) is 0 Å².